The van der Waals surface area contributed by atoms with Gasteiger partial charge >= 0.3 is 5.69 Å². The summed E-state index contributed by atoms with van der Waals surface area (Å²) in [5.74, 6) is 0.724. The van der Waals surface area contributed by atoms with Crippen LogP contribution >= 0.6 is 0 Å². The number of para-hydroxylation sites is 2. The summed E-state index contributed by atoms with van der Waals surface area (Å²) in [4.78, 5) is 10.4. The van der Waals surface area contributed by atoms with Crippen LogP contribution in [0, 0.1) is 10.1 Å². The molecule has 0 amide bonds. The number of nitrogens with zero attached hydrogens (tertiary/aromatic N) is 1. The first-order chi connectivity index (χ1) is 11.3. The summed E-state index contributed by atoms with van der Waals surface area (Å²) in [6.45, 7) is 2.44. The van der Waals surface area contributed by atoms with E-state index in [0.717, 1.165) is 18.7 Å². The average Bonchev–Trinajstić information content (AvgIpc) is 2.53. The minimum absolute atomic E-state index is 0.0556. The molecule has 0 fully saturated rings. The van der Waals surface area contributed by atoms with E-state index < -0.39 is 20.4 Å². The summed E-state index contributed by atoms with van der Waals surface area (Å²) in [7, 11) is -3.55. The predicted molar refractivity (Wildman–Crippen MR) is 88.5 cm³/mol. The van der Waals surface area contributed by atoms with Crippen LogP contribution in [0.25, 0.3) is 0 Å². The fourth-order valence-electron chi connectivity index (χ4n) is 1.94. The van der Waals surface area contributed by atoms with E-state index >= 15 is 0 Å². The van der Waals surface area contributed by atoms with Gasteiger partial charge in [-0.25, -0.2) is 8.42 Å². The van der Waals surface area contributed by atoms with Crippen LogP contribution in [0.2, 0.25) is 0 Å². The molecule has 0 saturated heterocycles. The van der Waals surface area contributed by atoms with Crippen LogP contribution in [0.5, 0.6) is 17.2 Å². The first-order valence-electron chi connectivity index (χ1n) is 7.21. The molecule has 8 heteroatoms. The van der Waals surface area contributed by atoms with Gasteiger partial charge in [-0.3, -0.25) is 10.1 Å². The Bertz CT molecular complexity index is 847. The van der Waals surface area contributed by atoms with Gasteiger partial charge in [0.15, 0.2) is 21.3 Å². The number of benzene rings is 2. The van der Waals surface area contributed by atoms with Crippen LogP contribution in [-0.2, 0) is 9.84 Å². The van der Waals surface area contributed by atoms with Crippen molar-refractivity contribution in [1.82, 2.24) is 0 Å². The molecule has 0 atom stereocenters. The van der Waals surface area contributed by atoms with E-state index in [0.29, 0.717) is 18.1 Å². The molecule has 0 aliphatic rings. The van der Waals surface area contributed by atoms with E-state index in [9.17, 15) is 18.5 Å². The maximum Gasteiger partial charge on any atom is 0.312 e. The van der Waals surface area contributed by atoms with Gasteiger partial charge in [-0.05, 0) is 30.7 Å². The summed E-state index contributed by atoms with van der Waals surface area (Å²) in [6, 6.07) is 10.3. The van der Waals surface area contributed by atoms with Crippen LogP contribution in [0.3, 0.4) is 0 Å². The zero-order valence-corrected chi connectivity index (χ0v) is 14.1. The van der Waals surface area contributed by atoms with Gasteiger partial charge in [0, 0.05) is 12.3 Å². The Morgan fingerprint density at radius 3 is 2.33 bits per heavy atom. The van der Waals surface area contributed by atoms with Crippen molar-refractivity contribution in [2.45, 2.75) is 18.2 Å². The largest absolute Gasteiger partial charge is 0.490 e. The van der Waals surface area contributed by atoms with E-state index in [-0.39, 0.29) is 10.6 Å². The Morgan fingerprint density at radius 2 is 1.75 bits per heavy atom. The van der Waals surface area contributed by atoms with E-state index in [1.54, 1.807) is 24.3 Å². The van der Waals surface area contributed by atoms with Crippen molar-refractivity contribution in [2.24, 2.45) is 0 Å². The molecule has 2 aromatic carbocycles. The number of ether oxygens (including phenoxy) is 2. The van der Waals surface area contributed by atoms with Crippen molar-refractivity contribution in [3.63, 3.8) is 0 Å². The number of nitro benzene ring substituents is 1. The van der Waals surface area contributed by atoms with Crippen LogP contribution in [0.15, 0.2) is 47.4 Å². The van der Waals surface area contributed by atoms with Gasteiger partial charge < -0.3 is 9.47 Å². The monoisotopic (exact) mass is 351 g/mol. The van der Waals surface area contributed by atoms with E-state index in [1.165, 1.54) is 12.1 Å². The normalized spacial score (nSPS) is 11.1. The SMILES string of the molecule is CCCOc1ccccc1Oc1ccc(S(C)(=O)=O)cc1[N+](=O)[O-]. The minimum atomic E-state index is -3.55. The molecule has 24 heavy (non-hydrogen) atoms. The number of hydrogen-bond donors (Lipinski definition) is 0. The fourth-order valence-corrected chi connectivity index (χ4v) is 2.58. The maximum absolute atomic E-state index is 11.6. The van der Waals surface area contributed by atoms with Gasteiger partial charge in [0.2, 0.25) is 5.75 Å². The highest BCUT2D eigenvalue weighted by Crippen LogP contribution is 2.37. The fraction of sp³-hybridized carbons (Fsp3) is 0.250. The van der Waals surface area contributed by atoms with Gasteiger partial charge in [-0.15, -0.1) is 0 Å². The molecular weight excluding hydrogens is 334 g/mol. The third-order valence-electron chi connectivity index (χ3n) is 3.09. The Balaban J connectivity index is 2.42. The van der Waals surface area contributed by atoms with Gasteiger partial charge in [0.05, 0.1) is 16.4 Å². The first-order valence-corrected chi connectivity index (χ1v) is 9.10. The lowest BCUT2D eigenvalue weighted by Crippen LogP contribution is -2.01. The maximum atomic E-state index is 11.6. The Kier molecular flexibility index (Phi) is 5.40. The van der Waals surface area contributed by atoms with Gasteiger partial charge in [-0.1, -0.05) is 19.1 Å². The molecule has 2 rings (SSSR count). The second-order valence-electron chi connectivity index (χ2n) is 5.06. The number of sulfone groups is 1. The van der Waals surface area contributed by atoms with Gasteiger partial charge in [-0.2, -0.15) is 0 Å². The second-order valence-corrected chi connectivity index (χ2v) is 7.07. The Labute approximate surface area is 139 Å². The summed E-state index contributed by atoms with van der Waals surface area (Å²) >= 11 is 0. The zero-order valence-electron chi connectivity index (χ0n) is 13.3. The van der Waals surface area contributed by atoms with Crippen LogP contribution in [0.4, 0.5) is 5.69 Å². The number of nitro groups is 1. The molecule has 0 heterocycles. The zero-order chi connectivity index (χ0) is 17.7. The molecular formula is C16H17NO6S. The molecule has 7 nitrogen and oxygen atoms in total. The molecule has 0 bridgehead atoms. The van der Waals surface area contributed by atoms with Crippen molar-refractivity contribution in [3.05, 3.63) is 52.6 Å². The van der Waals surface area contributed by atoms with Crippen molar-refractivity contribution in [3.8, 4) is 17.2 Å². The van der Waals surface area contributed by atoms with Crippen molar-refractivity contribution in [2.75, 3.05) is 12.9 Å². The molecule has 0 saturated carbocycles. The number of hydrogen-bond acceptors (Lipinski definition) is 6. The lowest BCUT2D eigenvalue weighted by molar-refractivity contribution is -0.385. The van der Waals surface area contributed by atoms with Crippen LogP contribution in [-0.4, -0.2) is 26.2 Å². The molecule has 2 aromatic rings. The van der Waals surface area contributed by atoms with Crippen LogP contribution < -0.4 is 9.47 Å². The van der Waals surface area contributed by atoms with Crippen molar-refractivity contribution < 1.29 is 22.8 Å². The summed E-state index contributed by atoms with van der Waals surface area (Å²) in [5.41, 5.74) is -0.428. The standard InChI is InChI=1S/C16H17NO6S/c1-3-10-22-15-6-4-5-7-16(15)23-14-9-8-12(24(2,20)21)11-13(14)17(18)19/h4-9,11H,3,10H2,1-2H3. The highest BCUT2D eigenvalue weighted by molar-refractivity contribution is 7.90. The lowest BCUT2D eigenvalue weighted by atomic mass is 10.3. The second kappa shape index (κ2) is 7.31. The van der Waals surface area contributed by atoms with Crippen molar-refractivity contribution in [1.29, 1.82) is 0 Å². The minimum Gasteiger partial charge on any atom is -0.490 e. The van der Waals surface area contributed by atoms with Crippen molar-refractivity contribution >= 4 is 15.5 Å². The van der Waals surface area contributed by atoms with E-state index in [2.05, 4.69) is 0 Å². The van der Waals surface area contributed by atoms with Gasteiger partial charge in [0.1, 0.15) is 0 Å². The molecule has 0 spiro atoms. The smallest absolute Gasteiger partial charge is 0.312 e. The lowest BCUT2D eigenvalue weighted by Gasteiger charge is -2.12. The molecule has 0 aliphatic heterocycles. The molecule has 128 valence electrons. The van der Waals surface area contributed by atoms with Crippen LogP contribution in [0.1, 0.15) is 13.3 Å². The highest BCUT2D eigenvalue weighted by Gasteiger charge is 2.21. The molecule has 0 unspecified atom stereocenters. The summed E-state index contributed by atoms with van der Waals surface area (Å²) < 4.78 is 34.3. The Morgan fingerprint density at radius 1 is 1.08 bits per heavy atom. The third-order valence-corrected chi connectivity index (χ3v) is 4.20. The number of rotatable bonds is 7. The highest BCUT2D eigenvalue weighted by atomic mass is 32.2. The molecule has 0 N–H and O–H groups in total. The first kappa shape index (κ1) is 17.7. The molecule has 0 radical (unpaired) electrons. The van der Waals surface area contributed by atoms with E-state index in [4.69, 9.17) is 9.47 Å². The predicted octanol–water partition coefficient (Wildman–Crippen LogP) is 3.58. The summed E-state index contributed by atoms with van der Waals surface area (Å²) in [5, 5.41) is 11.2. The quantitative estimate of drug-likeness (QED) is 0.559. The summed E-state index contributed by atoms with van der Waals surface area (Å²) in [6.07, 6.45) is 1.79. The Hall–Kier alpha value is -2.61. The average molecular weight is 351 g/mol. The molecule has 0 aromatic heterocycles. The molecule has 0 aliphatic carbocycles. The van der Waals surface area contributed by atoms with Gasteiger partial charge in [0.25, 0.3) is 0 Å². The van der Waals surface area contributed by atoms with E-state index in [1.807, 2.05) is 6.92 Å². The topological polar surface area (TPSA) is 95.7 Å². The third kappa shape index (κ3) is 4.23.